The highest BCUT2D eigenvalue weighted by molar-refractivity contribution is 5.87. The Morgan fingerprint density at radius 2 is 1.95 bits per heavy atom. The molecule has 108 valence electrons. The normalized spacial score (nSPS) is 12.7. The molecule has 0 aromatic heterocycles. The second-order valence-electron chi connectivity index (χ2n) is 5.20. The van der Waals surface area contributed by atoms with Gasteiger partial charge in [-0.15, -0.1) is 0 Å². The number of hydrogen-bond acceptors (Lipinski definition) is 3. The molecule has 0 amide bonds. The van der Waals surface area contributed by atoms with E-state index in [-0.39, 0.29) is 6.61 Å². The van der Waals surface area contributed by atoms with Gasteiger partial charge in [-0.2, -0.15) is 0 Å². The molecular weight excluding hydrogens is 250 g/mol. The maximum Gasteiger partial charge on any atom is 0.120 e. The summed E-state index contributed by atoms with van der Waals surface area (Å²) in [5.41, 5.74) is 0.946. The van der Waals surface area contributed by atoms with Gasteiger partial charge < -0.3 is 15.5 Å². The van der Waals surface area contributed by atoms with Gasteiger partial charge in [-0.05, 0) is 35.7 Å². The third-order valence-corrected chi connectivity index (χ3v) is 3.87. The molecule has 0 radical (unpaired) electrons. The van der Waals surface area contributed by atoms with Crippen LogP contribution in [0.1, 0.15) is 25.3 Å². The zero-order chi connectivity index (χ0) is 14.4. The van der Waals surface area contributed by atoms with Crippen molar-refractivity contribution in [1.29, 1.82) is 0 Å². The Labute approximate surface area is 120 Å². The van der Waals surface area contributed by atoms with Crippen LogP contribution in [0.3, 0.4) is 0 Å². The van der Waals surface area contributed by atoms with Gasteiger partial charge in [-0.3, -0.25) is 0 Å². The first-order valence-corrected chi connectivity index (χ1v) is 7.27. The van der Waals surface area contributed by atoms with Crippen LogP contribution in [0.25, 0.3) is 10.8 Å². The Morgan fingerprint density at radius 3 is 2.70 bits per heavy atom. The summed E-state index contributed by atoms with van der Waals surface area (Å²) in [4.78, 5) is 0. The molecule has 1 atom stereocenters. The highest BCUT2D eigenvalue weighted by Crippen LogP contribution is 2.26. The highest BCUT2D eigenvalue weighted by Gasteiger charge is 2.08. The van der Waals surface area contributed by atoms with Crippen molar-refractivity contribution in [3.8, 4) is 5.75 Å². The van der Waals surface area contributed by atoms with E-state index in [0.717, 1.165) is 35.7 Å². The third kappa shape index (κ3) is 3.50. The zero-order valence-corrected chi connectivity index (χ0v) is 12.0. The van der Waals surface area contributed by atoms with Crippen molar-refractivity contribution in [3.05, 3.63) is 42.0 Å². The molecule has 2 aromatic rings. The second kappa shape index (κ2) is 7.27. The molecule has 0 saturated heterocycles. The molecule has 2 aromatic carbocycles. The van der Waals surface area contributed by atoms with Crippen LogP contribution in [-0.2, 0) is 6.54 Å². The summed E-state index contributed by atoms with van der Waals surface area (Å²) < 4.78 is 0. The maximum atomic E-state index is 10.1. The highest BCUT2D eigenvalue weighted by atomic mass is 16.3. The predicted molar refractivity (Wildman–Crippen MR) is 82.8 cm³/mol. The first-order valence-electron chi connectivity index (χ1n) is 7.27. The van der Waals surface area contributed by atoms with Gasteiger partial charge in [0.25, 0.3) is 0 Å². The van der Waals surface area contributed by atoms with Crippen molar-refractivity contribution < 1.29 is 10.2 Å². The Bertz CT molecular complexity index is 554. The molecule has 0 aliphatic rings. The van der Waals surface area contributed by atoms with Crippen LogP contribution in [-0.4, -0.2) is 23.4 Å². The molecule has 3 nitrogen and oxygen atoms in total. The van der Waals surface area contributed by atoms with Gasteiger partial charge in [0.05, 0.1) is 0 Å². The Hall–Kier alpha value is -1.58. The third-order valence-electron chi connectivity index (χ3n) is 3.87. The van der Waals surface area contributed by atoms with Gasteiger partial charge in [0.15, 0.2) is 0 Å². The SMILES string of the molecule is CCC(CCO)CNCc1c(O)ccc2ccccc12. The summed E-state index contributed by atoms with van der Waals surface area (Å²) in [5.74, 6) is 0.823. The molecule has 0 saturated carbocycles. The van der Waals surface area contributed by atoms with E-state index in [4.69, 9.17) is 5.11 Å². The summed E-state index contributed by atoms with van der Waals surface area (Å²) >= 11 is 0. The number of hydrogen-bond donors (Lipinski definition) is 3. The summed E-state index contributed by atoms with van der Waals surface area (Å²) in [6, 6.07) is 11.8. The first kappa shape index (κ1) is 14.8. The molecule has 3 heteroatoms. The molecule has 0 spiro atoms. The molecule has 3 N–H and O–H groups in total. The maximum absolute atomic E-state index is 10.1. The van der Waals surface area contributed by atoms with Gasteiger partial charge in [0, 0.05) is 18.7 Å². The van der Waals surface area contributed by atoms with Crippen LogP contribution >= 0.6 is 0 Å². The largest absolute Gasteiger partial charge is 0.508 e. The lowest BCUT2D eigenvalue weighted by Crippen LogP contribution is -2.23. The van der Waals surface area contributed by atoms with Crippen molar-refractivity contribution in [2.75, 3.05) is 13.2 Å². The Kier molecular flexibility index (Phi) is 5.39. The molecule has 0 bridgehead atoms. The van der Waals surface area contributed by atoms with Crippen LogP contribution in [0.4, 0.5) is 0 Å². The Morgan fingerprint density at radius 1 is 1.15 bits per heavy atom. The summed E-state index contributed by atoms with van der Waals surface area (Å²) in [5, 5.41) is 24.7. The monoisotopic (exact) mass is 273 g/mol. The van der Waals surface area contributed by atoms with E-state index in [0.29, 0.717) is 18.2 Å². The molecular formula is C17H23NO2. The predicted octanol–water partition coefficient (Wildman–Crippen LogP) is 3.04. The number of benzene rings is 2. The number of fused-ring (bicyclic) bond motifs is 1. The fraction of sp³-hybridized carbons (Fsp3) is 0.412. The van der Waals surface area contributed by atoms with E-state index in [9.17, 15) is 5.11 Å². The summed E-state index contributed by atoms with van der Waals surface area (Å²) in [6.07, 6.45) is 1.88. The number of phenolic OH excluding ortho intramolecular Hbond substituents is 1. The molecule has 0 fully saturated rings. The minimum absolute atomic E-state index is 0.236. The van der Waals surface area contributed by atoms with Crippen LogP contribution in [0.15, 0.2) is 36.4 Å². The van der Waals surface area contributed by atoms with Crippen molar-refractivity contribution in [3.63, 3.8) is 0 Å². The molecule has 20 heavy (non-hydrogen) atoms. The van der Waals surface area contributed by atoms with Gasteiger partial charge >= 0.3 is 0 Å². The van der Waals surface area contributed by atoms with E-state index in [2.05, 4.69) is 18.3 Å². The van der Waals surface area contributed by atoms with E-state index in [1.54, 1.807) is 6.07 Å². The van der Waals surface area contributed by atoms with Gasteiger partial charge in [-0.25, -0.2) is 0 Å². The molecule has 2 rings (SSSR count). The van der Waals surface area contributed by atoms with Gasteiger partial charge in [0.2, 0.25) is 0 Å². The number of aromatic hydroxyl groups is 1. The minimum atomic E-state index is 0.236. The molecule has 1 unspecified atom stereocenters. The number of nitrogens with one attached hydrogen (secondary N) is 1. The smallest absolute Gasteiger partial charge is 0.120 e. The van der Waals surface area contributed by atoms with Gasteiger partial charge in [0.1, 0.15) is 5.75 Å². The van der Waals surface area contributed by atoms with Gasteiger partial charge in [-0.1, -0.05) is 43.7 Å². The number of aliphatic hydroxyl groups excluding tert-OH is 1. The van der Waals surface area contributed by atoms with Crippen LogP contribution in [0.5, 0.6) is 5.75 Å². The fourth-order valence-electron chi connectivity index (χ4n) is 2.54. The van der Waals surface area contributed by atoms with E-state index in [1.165, 1.54) is 0 Å². The minimum Gasteiger partial charge on any atom is -0.508 e. The van der Waals surface area contributed by atoms with Crippen LogP contribution in [0.2, 0.25) is 0 Å². The van der Waals surface area contributed by atoms with E-state index < -0.39 is 0 Å². The molecule has 0 aliphatic heterocycles. The average Bonchev–Trinajstić information content (AvgIpc) is 2.48. The Balaban J connectivity index is 2.07. The van der Waals surface area contributed by atoms with Crippen molar-refractivity contribution >= 4 is 10.8 Å². The lowest BCUT2D eigenvalue weighted by Gasteiger charge is -2.15. The second-order valence-corrected chi connectivity index (χ2v) is 5.20. The first-order chi connectivity index (χ1) is 9.76. The molecule has 0 heterocycles. The average molecular weight is 273 g/mol. The topological polar surface area (TPSA) is 52.5 Å². The lowest BCUT2D eigenvalue weighted by atomic mass is 10.0. The van der Waals surface area contributed by atoms with Crippen molar-refractivity contribution in [1.82, 2.24) is 5.32 Å². The zero-order valence-electron chi connectivity index (χ0n) is 12.0. The number of aliphatic hydroxyl groups is 1. The molecule has 0 aliphatic carbocycles. The van der Waals surface area contributed by atoms with Crippen molar-refractivity contribution in [2.45, 2.75) is 26.3 Å². The van der Waals surface area contributed by atoms with Crippen molar-refractivity contribution in [2.24, 2.45) is 5.92 Å². The quantitative estimate of drug-likeness (QED) is 0.727. The summed E-state index contributed by atoms with van der Waals surface area (Å²) in [6.45, 7) is 3.88. The fourth-order valence-corrected chi connectivity index (χ4v) is 2.54. The van der Waals surface area contributed by atoms with Crippen LogP contribution in [0, 0.1) is 5.92 Å². The standard InChI is InChI=1S/C17H23NO2/c1-2-13(9-10-19)11-18-12-16-15-6-4-3-5-14(15)7-8-17(16)20/h3-8,13,18-20H,2,9-12H2,1H3. The number of phenols is 1. The van der Waals surface area contributed by atoms with E-state index >= 15 is 0 Å². The van der Waals surface area contributed by atoms with E-state index in [1.807, 2.05) is 24.3 Å². The summed E-state index contributed by atoms with van der Waals surface area (Å²) in [7, 11) is 0. The lowest BCUT2D eigenvalue weighted by molar-refractivity contribution is 0.251. The number of rotatable bonds is 7. The van der Waals surface area contributed by atoms with Crippen LogP contribution < -0.4 is 5.32 Å².